The lowest BCUT2D eigenvalue weighted by Crippen LogP contribution is -2.54. The van der Waals surface area contributed by atoms with Crippen molar-refractivity contribution in [1.29, 1.82) is 0 Å². The molecule has 2 aromatic carbocycles. The largest absolute Gasteiger partial charge is 0.380 e. The van der Waals surface area contributed by atoms with Crippen LogP contribution >= 0.6 is 0 Å². The number of carbonyl (C=O) groups excluding carboxylic acids is 4. The summed E-state index contributed by atoms with van der Waals surface area (Å²) in [5.41, 5.74) is 3.43. The number of nitrogens with zero attached hydrogens (tertiary/aromatic N) is 3. The molecule has 0 aliphatic carbocycles. The van der Waals surface area contributed by atoms with E-state index in [0.29, 0.717) is 18.3 Å². The summed E-state index contributed by atoms with van der Waals surface area (Å²) in [6.07, 6.45) is 2.63. The molecule has 2 aromatic rings. The maximum atomic E-state index is 13.3. The summed E-state index contributed by atoms with van der Waals surface area (Å²) < 4.78 is 5.50. The van der Waals surface area contributed by atoms with Crippen molar-refractivity contribution in [1.82, 2.24) is 20.0 Å². The average Bonchev–Trinajstić information content (AvgIpc) is 3.23. The first-order chi connectivity index (χ1) is 19.5. The van der Waals surface area contributed by atoms with Gasteiger partial charge in [0.05, 0.1) is 24.3 Å². The number of fused-ring (bicyclic) bond motifs is 1. The molecule has 6 rings (SSSR count). The summed E-state index contributed by atoms with van der Waals surface area (Å²) in [6.45, 7) is 7.43. The Balaban J connectivity index is 1.04. The van der Waals surface area contributed by atoms with Crippen molar-refractivity contribution >= 4 is 29.3 Å². The van der Waals surface area contributed by atoms with Crippen LogP contribution in [-0.4, -0.2) is 89.8 Å². The first-order valence-electron chi connectivity index (χ1n) is 14.2. The summed E-state index contributed by atoms with van der Waals surface area (Å²) in [7, 11) is 0. The third kappa shape index (κ3) is 5.39. The van der Waals surface area contributed by atoms with Gasteiger partial charge in [-0.2, -0.15) is 0 Å². The lowest BCUT2D eigenvalue weighted by molar-refractivity contribution is -0.136. The average molecular weight is 546 g/mol. The monoisotopic (exact) mass is 545 g/mol. The van der Waals surface area contributed by atoms with E-state index in [2.05, 4.69) is 44.7 Å². The lowest BCUT2D eigenvalue weighted by atomic mass is 10.0. The van der Waals surface area contributed by atoms with E-state index in [1.165, 1.54) is 18.4 Å². The Bertz CT molecular complexity index is 1300. The van der Waals surface area contributed by atoms with Crippen LogP contribution in [-0.2, 0) is 27.4 Å². The fourth-order valence-corrected chi connectivity index (χ4v) is 6.27. The Labute approximate surface area is 233 Å². The summed E-state index contributed by atoms with van der Waals surface area (Å²) in [5, 5.41) is 5.54. The zero-order valence-electron chi connectivity index (χ0n) is 22.6. The molecule has 10 heteroatoms. The number of rotatable bonds is 7. The number of hydrogen-bond donors (Lipinski definition) is 2. The minimum atomic E-state index is -0.976. The van der Waals surface area contributed by atoms with Crippen molar-refractivity contribution in [2.45, 2.75) is 50.9 Å². The van der Waals surface area contributed by atoms with Gasteiger partial charge in [0, 0.05) is 44.3 Å². The van der Waals surface area contributed by atoms with Gasteiger partial charge in [0.2, 0.25) is 11.8 Å². The fourth-order valence-electron chi connectivity index (χ4n) is 6.27. The molecule has 4 aliphatic rings. The Hall–Kier alpha value is -3.60. The minimum Gasteiger partial charge on any atom is -0.380 e. The second kappa shape index (κ2) is 11.5. The van der Waals surface area contributed by atoms with E-state index in [4.69, 9.17) is 4.74 Å². The van der Waals surface area contributed by atoms with E-state index in [1.807, 2.05) is 0 Å². The van der Waals surface area contributed by atoms with E-state index in [1.54, 1.807) is 18.2 Å². The molecule has 10 nitrogen and oxygen atoms in total. The molecule has 210 valence electrons. The molecule has 40 heavy (non-hydrogen) atoms. The second-order valence-corrected chi connectivity index (χ2v) is 11.0. The van der Waals surface area contributed by atoms with Crippen LogP contribution < -0.4 is 10.6 Å². The van der Waals surface area contributed by atoms with Crippen LogP contribution in [0, 0.1) is 0 Å². The van der Waals surface area contributed by atoms with Gasteiger partial charge in [-0.15, -0.1) is 0 Å². The molecule has 4 amide bonds. The molecule has 1 unspecified atom stereocenters. The number of anilines is 1. The number of hydrogen-bond acceptors (Lipinski definition) is 8. The van der Waals surface area contributed by atoms with E-state index in [9.17, 15) is 19.2 Å². The zero-order chi connectivity index (χ0) is 27.6. The van der Waals surface area contributed by atoms with Crippen molar-refractivity contribution in [3.8, 4) is 0 Å². The maximum Gasteiger partial charge on any atom is 0.264 e. The third-order valence-corrected chi connectivity index (χ3v) is 8.50. The Morgan fingerprint density at radius 1 is 0.850 bits per heavy atom. The van der Waals surface area contributed by atoms with Gasteiger partial charge in [-0.05, 0) is 55.6 Å². The normalized spacial score (nSPS) is 22.9. The molecule has 4 heterocycles. The smallest absolute Gasteiger partial charge is 0.264 e. The number of morpholine rings is 1. The number of benzene rings is 2. The van der Waals surface area contributed by atoms with Crippen molar-refractivity contribution in [3.63, 3.8) is 0 Å². The predicted molar refractivity (Wildman–Crippen MR) is 148 cm³/mol. The highest BCUT2D eigenvalue weighted by Crippen LogP contribution is 2.32. The topological polar surface area (TPSA) is 111 Å². The highest BCUT2D eigenvalue weighted by molar-refractivity contribution is 6.25. The van der Waals surface area contributed by atoms with Crippen LogP contribution in [0.4, 0.5) is 5.69 Å². The molecule has 0 spiro atoms. The van der Waals surface area contributed by atoms with Crippen molar-refractivity contribution < 1.29 is 23.9 Å². The zero-order valence-corrected chi connectivity index (χ0v) is 22.6. The van der Waals surface area contributed by atoms with Crippen LogP contribution in [0.15, 0.2) is 42.5 Å². The number of likely N-dealkylation sites (tertiary alicyclic amines) is 1. The van der Waals surface area contributed by atoms with Gasteiger partial charge >= 0.3 is 0 Å². The predicted octanol–water partition coefficient (Wildman–Crippen LogP) is 2.00. The van der Waals surface area contributed by atoms with E-state index in [-0.39, 0.29) is 29.9 Å². The summed E-state index contributed by atoms with van der Waals surface area (Å²) in [4.78, 5) is 56.4. The lowest BCUT2D eigenvalue weighted by Gasteiger charge is -2.40. The Kier molecular flexibility index (Phi) is 7.64. The molecule has 1 atom stereocenters. The van der Waals surface area contributed by atoms with E-state index < -0.39 is 23.8 Å². The molecule has 3 fully saturated rings. The number of imide groups is 2. The highest BCUT2D eigenvalue weighted by atomic mass is 16.5. The molecule has 0 aromatic heterocycles. The van der Waals surface area contributed by atoms with Crippen molar-refractivity contribution in [3.05, 3.63) is 64.7 Å². The van der Waals surface area contributed by atoms with Crippen LogP contribution in [0.1, 0.15) is 57.5 Å². The van der Waals surface area contributed by atoms with Gasteiger partial charge < -0.3 is 10.1 Å². The first-order valence-corrected chi connectivity index (χ1v) is 14.2. The summed E-state index contributed by atoms with van der Waals surface area (Å²) in [6, 6.07) is 13.3. The second-order valence-electron chi connectivity index (χ2n) is 11.0. The number of amides is 4. The Morgan fingerprint density at radius 3 is 2.30 bits per heavy atom. The molecule has 0 saturated carbocycles. The molecule has 0 radical (unpaired) electrons. The minimum absolute atomic E-state index is 0.0949. The van der Waals surface area contributed by atoms with Crippen LogP contribution in [0.5, 0.6) is 0 Å². The number of carbonyl (C=O) groups is 4. The molecule has 4 aliphatic heterocycles. The van der Waals surface area contributed by atoms with Crippen LogP contribution in [0.25, 0.3) is 0 Å². The van der Waals surface area contributed by atoms with Gasteiger partial charge in [-0.3, -0.25) is 39.2 Å². The summed E-state index contributed by atoms with van der Waals surface area (Å²) >= 11 is 0. The van der Waals surface area contributed by atoms with Crippen molar-refractivity contribution in [2.75, 3.05) is 44.7 Å². The number of nitrogens with one attached hydrogen (secondary N) is 2. The van der Waals surface area contributed by atoms with E-state index in [0.717, 1.165) is 56.4 Å². The van der Waals surface area contributed by atoms with Gasteiger partial charge in [0.15, 0.2) is 0 Å². The highest BCUT2D eigenvalue weighted by Gasteiger charge is 2.45. The maximum absolute atomic E-state index is 13.3. The number of ether oxygens (including phenoxy) is 1. The Morgan fingerprint density at radius 2 is 1.57 bits per heavy atom. The van der Waals surface area contributed by atoms with Gasteiger partial charge in [0.1, 0.15) is 6.04 Å². The molecule has 0 bridgehead atoms. The quantitative estimate of drug-likeness (QED) is 0.509. The molecule has 3 saturated heterocycles. The van der Waals surface area contributed by atoms with Crippen LogP contribution in [0.2, 0.25) is 0 Å². The molecule has 2 N–H and O–H groups in total. The summed E-state index contributed by atoms with van der Waals surface area (Å²) in [5.74, 6) is -2.01. The number of piperidine rings is 2. The van der Waals surface area contributed by atoms with Gasteiger partial charge in [-0.1, -0.05) is 30.3 Å². The first kappa shape index (κ1) is 26.6. The van der Waals surface area contributed by atoms with Gasteiger partial charge in [-0.25, -0.2) is 0 Å². The van der Waals surface area contributed by atoms with Gasteiger partial charge in [0.25, 0.3) is 11.8 Å². The van der Waals surface area contributed by atoms with E-state index >= 15 is 0 Å². The van der Waals surface area contributed by atoms with Crippen LogP contribution in [0.3, 0.4) is 0 Å². The standard InChI is InChI=1S/C30H35N5O5/c36-26-9-8-25(28(37)32-26)35-29(38)23-2-1-3-24(27(23)30(35)39)31-18-20-4-6-21(7-5-20)19-33-12-10-22(11-13-33)34-14-16-40-17-15-34/h1-7,22,25,31H,8-19H2,(H,32,36,37). The third-order valence-electron chi connectivity index (χ3n) is 8.50. The fraction of sp³-hybridized carbons (Fsp3) is 0.467. The molecular weight excluding hydrogens is 510 g/mol. The van der Waals surface area contributed by atoms with Crippen molar-refractivity contribution in [2.24, 2.45) is 0 Å². The molecular formula is C30H35N5O5. The SMILES string of the molecule is O=C1CCC(N2C(=O)c3cccc(NCc4ccc(CN5CCC(N6CCOCC6)CC5)cc4)c3C2=O)C(=O)N1.